The van der Waals surface area contributed by atoms with Crippen molar-refractivity contribution >= 4 is 11.8 Å². The van der Waals surface area contributed by atoms with E-state index in [1.165, 1.54) is 11.0 Å². The van der Waals surface area contributed by atoms with Gasteiger partial charge in [-0.3, -0.25) is 14.9 Å². The number of likely N-dealkylation sites (tertiary alicyclic amines) is 1. The third-order valence-electron chi connectivity index (χ3n) is 6.03. The molecular weight excluding hydrogens is 442 g/mol. The van der Waals surface area contributed by atoms with Gasteiger partial charge in [-0.05, 0) is 37.0 Å². The van der Waals surface area contributed by atoms with Crippen molar-refractivity contribution in [2.45, 2.75) is 49.6 Å². The summed E-state index contributed by atoms with van der Waals surface area (Å²) in [6.45, 7) is 0.308. The second-order valence-corrected chi connectivity index (χ2v) is 8.00. The van der Waals surface area contributed by atoms with E-state index >= 15 is 0 Å². The summed E-state index contributed by atoms with van der Waals surface area (Å²) in [7, 11) is 0. The van der Waals surface area contributed by atoms with Gasteiger partial charge in [0, 0.05) is 24.9 Å². The van der Waals surface area contributed by atoms with E-state index in [1.807, 2.05) is 0 Å². The van der Waals surface area contributed by atoms with E-state index in [9.17, 15) is 35.9 Å². The van der Waals surface area contributed by atoms with E-state index in [4.69, 9.17) is 11.0 Å². The molecule has 2 aliphatic heterocycles. The summed E-state index contributed by atoms with van der Waals surface area (Å²) in [5.41, 5.74) is 2.98. The Hall–Kier alpha value is -2.81. The standard InChI is InChI=1S/C20H20F6N4O2/c21-19(22,23)14-7-11(1-2-12(14)9-27)13-8-15(29-16(13)20(24,25)26)18(32)30-5-3-10(4-6-30)17(28)31/h1-2,7,10,13,15-16,29H,3-6,8H2,(H2,28,31). The second kappa shape index (κ2) is 8.61. The zero-order valence-corrected chi connectivity index (χ0v) is 16.6. The fraction of sp³-hybridized carbons (Fsp3) is 0.550. The normalized spacial score (nSPS) is 24.9. The number of carbonyl (C=O) groups excluding carboxylic acids is 2. The van der Waals surface area contributed by atoms with Crippen molar-refractivity contribution in [2.24, 2.45) is 11.7 Å². The summed E-state index contributed by atoms with van der Waals surface area (Å²) >= 11 is 0. The topological polar surface area (TPSA) is 99.2 Å². The van der Waals surface area contributed by atoms with Gasteiger partial charge in [0.1, 0.15) is 6.04 Å². The number of piperidine rings is 1. The Kier molecular flexibility index (Phi) is 6.42. The molecule has 2 amide bonds. The van der Waals surface area contributed by atoms with E-state index in [0.29, 0.717) is 18.9 Å². The maximum absolute atomic E-state index is 13.7. The Labute approximate surface area is 179 Å². The lowest BCUT2D eigenvalue weighted by molar-refractivity contribution is -0.157. The van der Waals surface area contributed by atoms with Crippen LogP contribution in [0, 0.1) is 17.2 Å². The number of rotatable bonds is 3. The predicted octanol–water partition coefficient (Wildman–Crippen LogP) is 2.68. The molecule has 0 saturated carbocycles. The van der Waals surface area contributed by atoms with E-state index in [0.717, 1.165) is 12.1 Å². The first-order valence-corrected chi connectivity index (χ1v) is 9.85. The van der Waals surface area contributed by atoms with Crippen LogP contribution in [-0.4, -0.2) is 48.1 Å². The van der Waals surface area contributed by atoms with Crippen molar-refractivity contribution in [3.8, 4) is 6.07 Å². The van der Waals surface area contributed by atoms with Gasteiger partial charge < -0.3 is 10.6 Å². The van der Waals surface area contributed by atoms with Crippen molar-refractivity contribution in [3.05, 3.63) is 34.9 Å². The lowest BCUT2D eigenvalue weighted by Crippen LogP contribution is -2.51. The molecule has 0 aliphatic carbocycles. The number of nitrogens with zero attached hydrogens (tertiary/aromatic N) is 2. The van der Waals surface area contributed by atoms with Gasteiger partial charge in [-0.15, -0.1) is 0 Å². The van der Waals surface area contributed by atoms with Crippen LogP contribution >= 0.6 is 0 Å². The van der Waals surface area contributed by atoms with Gasteiger partial charge in [-0.1, -0.05) is 6.07 Å². The molecule has 2 aliphatic rings. The monoisotopic (exact) mass is 462 g/mol. The number of carbonyl (C=O) groups is 2. The molecule has 3 unspecified atom stereocenters. The minimum Gasteiger partial charge on any atom is -0.369 e. The predicted molar refractivity (Wildman–Crippen MR) is 98.8 cm³/mol. The van der Waals surface area contributed by atoms with E-state index in [1.54, 1.807) is 0 Å². The Morgan fingerprint density at radius 3 is 2.25 bits per heavy atom. The fourth-order valence-corrected chi connectivity index (χ4v) is 4.34. The number of nitriles is 1. The molecule has 2 fully saturated rings. The van der Waals surface area contributed by atoms with E-state index in [-0.39, 0.29) is 25.1 Å². The fourth-order valence-electron chi connectivity index (χ4n) is 4.34. The van der Waals surface area contributed by atoms with Gasteiger partial charge in [0.25, 0.3) is 0 Å². The smallest absolute Gasteiger partial charge is 0.369 e. The van der Waals surface area contributed by atoms with Crippen LogP contribution in [0.5, 0.6) is 0 Å². The average molecular weight is 462 g/mol. The molecule has 12 heteroatoms. The summed E-state index contributed by atoms with van der Waals surface area (Å²) in [6, 6.07) is 0.367. The summed E-state index contributed by atoms with van der Waals surface area (Å²) < 4.78 is 80.9. The van der Waals surface area contributed by atoms with Gasteiger partial charge in [0.15, 0.2) is 0 Å². The number of benzene rings is 1. The van der Waals surface area contributed by atoms with Gasteiger partial charge in [0.05, 0.1) is 23.2 Å². The highest BCUT2D eigenvalue weighted by atomic mass is 19.4. The number of amides is 2. The Morgan fingerprint density at radius 1 is 1.12 bits per heavy atom. The van der Waals surface area contributed by atoms with Gasteiger partial charge in [0.2, 0.25) is 11.8 Å². The summed E-state index contributed by atoms with van der Waals surface area (Å²) in [5.74, 6) is -2.96. The van der Waals surface area contributed by atoms with Crippen LogP contribution < -0.4 is 11.1 Å². The molecule has 0 aromatic heterocycles. The molecule has 6 nitrogen and oxygen atoms in total. The van der Waals surface area contributed by atoms with Crippen molar-refractivity contribution < 1.29 is 35.9 Å². The van der Waals surface area contributed by atoms with Crippen molar-refractivity contribution in [1.82, 2.24) is 10.2 Å². The van der Waals surface area contributed by atoms with Crippen LogP contribution in [0.3, 0.4) is 0 Å². The van der Waals surface area contributed by atoms with Gasteiger partial charge >= 0.3 is 12.4 Å². The third kappa shape index (κ3) is 4.82. The molecule has 0 spiro atoms. The minimum absolute atomic E-state index is 0.154. The summed E-state index contributed by atoms with van der Waals surface area (Å²) in [6.07, 6.45) is -9.50. The molecular formula is C20H20F6N4O2. The minimum atomic E-state index is -4.92. The number of nitrogens with one attached hydrogen (secondary N) is 1. The molecule has 1 aromatic rings. The highest BCUT2D eigenvalue weighted by molar-refractivity contribution is 5.83. The number of primary amides is 1. The van der Waals surface area contributed by atoms with Crippen LogP contribution in [0.2, 0.25) is 0 Å². The lowest BCUT2D eigenvalue weighted by atomic mass is 9.88. The number of nitrogens with two attached hydrogens (primary N) is 1. The highest BCUT2D eigenvalue weighted by Gasteiger charge is 2.53. The molecule has 2 heterocycles. The zero-order valence-electron chi connectivity index (χ0n) is 16.6. The van der Waals surface area contributed by atoms with E-state index in [2.05, 4.69) is 5.32 Å². The van der Waals surface area contributed by atoms with Crippen molar-refractivity contribution in [2.75, 3.05) is 13.1 Å². The van der Waals surface area contributed by atoms with Crippen LogP contribution in [0.4, 0.5) is 26.3 Å². The maximum Gasteiger partial charge on any atom is 0.417 e. The van der Waals surface area contributed by atoms with Crippen LogP contribution in [-0.2, 0) is 15.8 Å². The highest BCUT2D eigenvalue weighted by Crippen LogP contribution is 2.42. The zero-order chi connectivity index (χ0) is 23.8. The van der Waals surface area contributed by atoms with Crippen LogP contribution in [0.1, 0.15) is 41.9 Å². The molecule has 174 valence electrons. The molecule has 1 aromatic carbocycles. The number of hydrogen-bond acceptors (Lipinski definition) is 4. The number of hydrogen-bond donors (Lipinski definition) is 2. The van der Waals surface area contributed by atoms with Crippen LogP contribution in [0.15, 0.2) is 18.2 Å². The molecule has 3 N–H and O–H groups in total. The Balaban J connectivity index is 1.85. The first-order chi connectivity index (χ1) is 14.8. The SMILES string of the molecule is N#Cc1ccc(C2CC(C(=O)N3CCC(C(N)=O)CC3)NC2C(F)(F)F)cc1C(F)(F)F. The van der Waals surface area contributed by atoms with Gasteiger partial charge in [-0.2, -0.15) is 31.6 Å². The van der Waals surface area contributed by atoms with Crippen molar-refractivity contribution in [1.29, 1.82) is 5.26 Å². The first kappa shape index (κ1) is 23.8. The van der Waals surface area contributed by atoms with E-state index < -0.39 is 59.2 Å². The third-order valence-corrected chi connectivity index (χ3v) is 6.03. The second-order valence-electron chi connectivity index (χ2n) is 8.00. The molecule has 2 saturated heterocycles. The quantitative estimate of drug-likeness (QED) is 0.675. The number of alkyl halides is 6. The largest absolute Gasteiger partial charge is 0.417 e. The maximum atomic E-state index is 13.7. The van der Waals surface area contributed by atoms with Crippen LogP contribution in [0.25, 0.3) is 0 Å². The summed E-state index contributed by atoms with van der Waals surface area (Å²) in [5, 5.41) is 11.2. The molecule has 0 bridgehead atoms. The van der Waals surface area contributed by atoms with Crippen molar-refractivity contribution in [3.63, 3.8) is 0 Å². The Morgan fingerprint density at radius 2 is 1.75 bits per heavy atom. The molecule has 0 radical (unpaired) electrons. The lowest BCUT2D eigenvalue weighted by Gasteiger charge is -2.32. The molecule has 3 rings (SSSR count). The molecule has 32 heavy (non-hydrogen) atoms. The first-order valence-electron chi connectivity index (χ1n) is 9.85. The molecule has 3 atom stereocenters. The summed E-state index contributed by atoms with van der Waals surface area (Å²) in [4.78, 5) is 25.4. The van der Waals surface area contributed by atoms with Gasteiger partial charge in [-0.25, -0.2) is 0 Å². The Bertz CT molecular complexity index is 931. The average Bonchev–Trinajstić information content (AvgIpc) is 3.18. The number of halogens is 6.